The molecule has 1 aliphatic heterocycles. The fourth-order valence-corrected chi connectivity index (χ4v) is 2.80. The van der Waals surface area contributed by atoms with Gasteiger partial charge in [0, 0.05) is 17.5 Å². The Labute approximate surface area is 136 Å². The van der Waals surface area contributed by atoms with Gasteiger partial charge in [0.15, 0.2) is 0 Å². The van der Waals surface area contributed by atoms with Gasteiger partial charge in [0.1, 0.15) is 11.5 Å². The van der Waals surface area contributed by atoms with Gasteiger partial charge in [-0.05, 0) is 38.1 Å². The summed E-state index contributed by atoms with van der Waals surface area (Å²) >= 11 is 0. The standard InChI is InChI=1S/C19H21NO3/c1-3-22-15-6-4-5-14(12-15)19(21)20-17-9-10-23-18-8-7-13(2)11-16(17)18/h4-8,11-12,17H,3,9-10H2,1-2H3,(H,20,21). The molecule has 0 radical (unpaired) electrons. The Hall–Kier alpha value is -2.49. The monoisotopic (exact) mass is 311 g/mol. The van der Waals surface area contributed by atoms with Gasteiger partial charge < -0.3 is 14.8 Å². The van der Waals surface area contributed by atoms with Crippen LogP contribution in [0.5, 0.6) is 11.5 Å². The molecule has 0 saturated heterocycles. The van der Waals surface area contributed by atoms with E-state index in [1.165, 1.54) is 0 Å². The fourth-order valence-electron chi connectivity index (χ4n) is 2.80. The molecular weight excluding hydrogens is 290 g/mol. The van der Waals surface area contributed by atoms with Gasteiger partial charge in [0.25, 0.3) is 5.91 Å². The number of fused-ring (bicyclic) bond motifs is 1. The number of rotatable bonds is 4. The molecule has 0 bridgehead atoms. The Morgan fingerprint density at radius 1 is 1.30 bits per heavy atom. The van der Waals surface area contributed by atoms with Crippen LogP contribution in [0.25, 0.3) is 0 Å². The molecule has 0 saturated carbocycles. The Bertz CT molecular complexity index is 712. The van der Waals surface area contributed by atoms with Crippen LogP contribution in [0, 0.1) is 6.92 Å². The van der Waals surface area contributed by atoms with Crippen molar-refractivity contribution in [3.05, 3.63) is 59.2 Å². The Morgan fingerprint density at radius 2 is 2.17 bits per heavy atom. The molecule has 2 aromatic rings. The lowest BCUT2D eigenvalue weighted by Crippen LogP contribution is -2.32. The van der Waals surface area contributed by atoms with Crippen LogP contribution in [0.3, 0.4) is 0 Å². The molecule has 2 aromatic carbocycles. The summed E-state index contributed by atoms with van der Waals surface area (Å²) < 4.78 is 11.1. The molecule has 1 atom stereocenters. The molecule has 0 spiro atoms. The highest BCUT2D eigenvalue weighted by atomic mass is 16.5. The van der Waals surface area contributed by atoms with Crippen molar-refractivity contribution in [3.63, 3.8) is 0 Å². The summed E-state index contributed by atoms with van der Waals surface area (Å²) in [6, 6.07) is 13.3. The second kappa shape index (κ2) is 6.73. The van der Waals surface area contributed by atoms with Crippen molar-refractivity contribution in [2.24, 2.45) is 0 Å². The van der Waals surface area contributed by atoms with Gasteiger partial charge in [-0.15, -0.1) is 0 Å². The minimum absolute atomic E-state index is 0.0260. The average molecular weight is 311 g/mol. The summed E-state index contributed by atoms with van der Waals surface area (Å²) in [7, 11) is 0. The molecule has 23 heavy (non-hydrogen) atoms. The minimum Gasteiger partial charge on any atom is -0.494 e. The van der Waals surface area contributed by atoms with Gasteiger partial charge in [0.05, 0.1) is 19.3 Å². The van der Waals surface area contributed by atoms with Crippen LogP contribution in [-0.2, 0) is 0 Å². The largest absolute Gasteiger partial charge is 0.494 e. The molecule has 120 valence electrons. The maximum absolute atomic E-state index is 12.6. The molecule has 0 aromatic heterocycles. The number of benzene rings is 2. The number of ether oxygens (including phenoxy) is 2. The van der Waals surface area contributed by atoms with Crippen molar-refractivity contribution < 1.29 is 14.3 Å². The quantitative estimate of drug-likeness (QED) is 0.937. The van der Waals surface area contributed by atoms with Crippen molar-refractivity contribution in [2.75, 3.05) is 13.2 Å². The van der Waals surface area contributed by atoms with E-state index in [0.29, 0.717) is 24.5 Å². The van der Waals surface area contributed by atoms with E-state index in [4.69, 9.17) is 9.47 Å². The third-order valence-corrected chi connectivity index (χ3v) is 3.92. The molecule has 4 nitrogen and oxygen atoms in total. The van der Waals surface area contributed by atoms with Gasteiger partial charge in [0.2, 0.25) is 0 Å². The van der Waals surface area contributed by atoms with Crippen LogP contribution >= 0.6 is 0 Å². The van der Waals surface area contributed by atoms with Gasteiger partial charge in [-0.2, -0.15) is 0 Å². The predicted octanol–water partition coefficient (Wildman–Crippen LogP) is 3.65. The SMILES string of the molecule is CCOc1cccc(C(=O)NC2CCOc3ccc(C)cc32)c1. The van der Waals surface area contributed by atoms with E-state index >= 15 is 0 Å². The number of hydrogen-bond acceptors (Lipinski definition) is 3. The topological polar surface area (TPSA) is 47.6 Å². The summed E-state index contributed by atoms with van der Waals surface area (Å²) in [6.45, 7) is 5.16. The molecule has 4 heteroatoms. The summed E-state index contributed by atoms with van der Waals surface area (Å²) in [5, 5.41) is 3.11. The van der Waals surface area contributed by atoms with Crippen LogP contribution < -0.4 is 14.8 Å². The zero-order valence-electron chi connectivity index (χ0n) is 13.5. The maximum Gasteiger partial charge on any atom is 0.251 e. The minimum atomic E-state index is -0.0918. The molecule has 1 heterocycles. The van der Waals surface area contributed by atoms with E-state index in [1.807, 2.05) is 38.1 Å². The molecular formula is C19H21NO3. The zero-order chi connectivity index (χ0) is 16.2. The van der Waals surface area contributed by atoms with Gasteiger partial charge >= 0.3 is 0 Å². The van der Waals surface area contributed by atoms with Gasteiger partial charge in [-0.25, -0.2) is 0 Å². The van der Waals surface area contributed by atoms with Gasteiger partial charge in [-0.1, -0.05) is 23.8 Å². The van der Waals surface area contributed by atoms with Crippen LogP contribution in [0.2, 0.25) is 0 Å². The highest BCUT2D eigenvalue weighted by Crippen LogP contribution is 2.32. The molecule has 0 fully saturated rings. The first-order valence-electron chi connectivity index (χ1n) is 7.94. The van der Waals surface area contributed by atoms with E-state index in [1.54, 1.807) is 12.1 Å². The van der Waals surface area contributed by atoms with Crippen LogP contribution in [0.4, 0.5) is 0 Å². The summed E-state index contributed by atoms with van der Waals surface area (Å²) in [5.74, 6) is 1.48. The van der Waals surface area contributed by atoms with Crippen molar-refractivity contribution in [3.8, 4) is 11.5 Å². The third kappa shape index (κ3) is 3.47. The van der Waals surface area contributed by atoms with E-state index in [0.717, 1.165) is 23.3 Å². The second-order valence-electron chi connectivity index (χ2n) is 5.67. The Balaban J connectivity index is 1.79. The number of amides is 1. The van der Waals surface area contributed by atoms with E-state index in [9.17, 15) is 4.79 Å². The average Bonchev–Trinajstić information content (AvgIpc) is 2.56. The summed E-state index contributed by atoms with van der Waals surface area (Å²) in [6.07, 6.45) is 0.771. The lowest BCUT2D eigenvalue weighted by Gasteiger charge is -2.27. The second-order valence-corrected chi connectivity index (χ2v) is 5.67. The first kappa shape index (κ1) is 15.4. The van der Waals surface area contributed by atoms with Crippen LogP contribution in [0.1, 0.15) is 40.9 Å². The molecule has 1 N–H and O–H groups in total. The lowest BCUT2D eigenvalue weighted by atomic mass is 9.98. The predicted molar refractivity (Wildman–Crippen MR) is 89.1 cm³/mol. The molecule has 3 rings (SSSR count). The number of carbonyl (C=O) groups is 1. The first-order chi connectivity index (χ1) is 11.2. The molecule has 1 unspecified atom stereocenters. The summed E-state index contributed by atoms with van der Waals surface area (Å²) in [4.78, 5) is 12.6. The highest BCUT2D eigenvalue weighted by molar-refractivity contribution is 5.94. The third-order valence-electron chi connectivity index (χ3n) is 3.92. The maximum atomic E-state index is 12.6. The zero-order valence-corrected chi connectivity index (χ0v) is 13.5. The number of hydrogen-bond donors (Lipinski definition) is 1. The Kier molecular flexibility index (Phi) is 4.51. The highest BCUT2D eigenvalue weighted by Gasteiger charge is 2.23. The van der Waals surface area contributed by atoms with Crippen molar-refractivity contribution >= 4 is 5.91 Å². The molecule has 0 aliphatic carbocycles. The van der Waals surface area contributed by atoms with E-state index in [2.05, 4.69) is 11.4 Å². The fraction of sp³-hybridized carbons (Fsp3) is 0.316. The smallest absolute Gasteiger partial charge is 0.251 e. The Morgan fingerprint density at radius 3 is 3.00 bits per heavy atom. The van der Waals surface area contributed by atoms with E-state index in [-0.39, 0.29) is 11.9 Å². The van der Waals surface area contributed by atoms with Crippen LogP contribution in [-0.4, -0.2) is 19.1 Å². The first-order valence-corrected chi connectivity index (χ1v) is 7.94. The molecule has 1 amide bonds. The van der Waals surface area contributed by atoms with Crippen molar-refractivity contribution in [1.82, 2.24) is 5.32 Å². The van der Waals surface area contributed by atoms with Crippen LogP contribution in [0.15, 0.2) is 42.5 Å². The van der Waals surface area contributed by atoms with E-state index < -0.39 is 0 Å². The van der Waals surface area contributed by atoms with Crippen molar-refractivity contribution in [1.29, 1.82) is 0 Å². The summed E-state index contributed by atoms with van der Waals surface area (Å²) in [5.41, 5.74) is 2.81. The van der Waals surface area contributed by atoms with Crippen molar-refractivity contribution in [2.45, 2.75) is 26.3 Å². The van der Waals surface area contributed by atoms with Gasteiger partial charge in [-0.3, -0.25) is 4.79 Å². The number of nitrogens with one attached hydrogen (secondary N) is 1. The number of aryl methyl sites for hydroxylation is 1. The lowest BCUT2D eigenvalue weighted by molar-refractivity contribution is 0.0924. The molecule has 1 aliphatic rings. The number of carbonyl (C=O) groups excluding carboxylic acids is 1. The normalized spacial score (nSPS) is 16.2.